The van der Waals surface area contributed by atoms with Crippen LogP contribution in [-0.2, 0) is 7.05 Å². The number of allylic oxidation sites excluding steroid dienone is 1. The molecule has 0 bridgehead atoms. The average molecular weight is 200 g/mol. The van der Waals surface area contributed by atoms with E-state index in [9.17, 15) is 0 Å². The maximum Gasteiger partial charge on any atom is 0.0955 e. The number of nitrogens with zero attached hydrogens (tertiary/aromatic N) is 2. The zero-order chi connectivity index (χ0) is 10.8. The summed E-state index contributed by atoms with van der Waals surface area (Å²) < 4.78 is 2.08. The highest BCUT2D eigenvalue weighted by Crippen LogP contribution is 2.27. The van der Waals surface area contributed by atoms with Gasteiger partial charge in [-0.2, -0.15) is 0 Å². The van der Waals surface area contributed by atoms with Crippen molar-refractivity contribution in [3.8, 4) is 0 Å². The summed E-state index contributed by atoms with van der Waals surface area (Å²) in [4.78, 5) is 4.36. The van der Waals surface area contributed by atoms with E-state index in [0.29, 0.717) is 5.92 Å². The molecule has 2 nitrogen and oxygen atoms in total. The van der Waals surface area contributed by atoms with Gasteiger partial charge in [-0.3, -0.25) is 0 Å². The Morgan fingerprint density at radius 3 is 3.00 bits per heavy atom. The molecule has 0 saturated heterocycles. The van der Waals surface area contributed by atoms with Gasteiger partial charge in [0.1, 0.15) is 0 Å². The van der Waals surface area contributed by atoms with Gasteiger partial charge < -0.3 is 4.57 Å². The Bertz CT molecular complexity index is 482. The molecule has 0 spiro atoms. The van der Waals surface area contributed by atoms with E-state index in [2.05, 4.69) is 41.3 Å². The molecule has 0 radical (unpaired) electrons. The predicted octanol–water partition coefficient (Wildman–Crippen LogP) is 3.25. The highest BCUT2D eigenvalue weighted by molar-refractivity contribution is 5.79. The number of hydrogen-bond donors (Lipinski definition) is 0. The van der Waals surface area contributed by atoms with Crippen molar-refractivity contribution >= 4 is 11.0 Å². The predicted molar refractivity (Wildman–Crippen MR) is 63.9 cm³/mol. The first kappa shape index (κ1) is 9.97. The maximum absolute atomic E-state index is 4.36. The minimum absolute atomic E-state index is 0.420. The summed E-state index contributed by atoms with van der Waals surface area (Å²) in [7, 11) is 2.04. The van der Waals surface area contributed by atoms with Crippen LogP contribution in [0.4, 0.5) is 0 Å². The number of imidazole rings is 1. The summed E-state index contributed by atoms with van der Waals surface area (Å²) in [5, 5.41) is 0. The van der Waals surface area contributed by atoms with Crippen LogP contribution in [0.3, 0.4) is 0 Å². The van der Waals surface area contributed by atoms with Gasteiger partial charge in [-0.1, -0.05) is 25.1 Å². The summed E-state index contributed by atoms with van der Waals surface area (Å²) >= 11 is 0. The van der Waals surface area contributed by atoms with Crippen LogP contribution in [0.2, 0.25) is 0 Å². The summed E-state index contributed by atoms with van der Waals surface area (Å²) in [6.45, 7) is 6.08. The Kier molecular flexibility index (Phi) is 2.58. The van der Waals surface area contributed by atoms with Gasteiger partial charge in [0.05, 0.1) is 17.4 Å². The molecule has 1 unspecified atom stereocenters. The number of rotatable bonds is 3. The molecule has 0 saturated carbocycles. The van der Waals surface area contributed by atoms with Gasteiger partial charge >= 0.3 is 0 Å². The summed E-state index contributed by atoms with van der Waals surface area (Å²) in [5.74, 6) is 0.420. The Labute approximate surface area is 90.3 Å². The smallest absolute Gasteiger partial charge is 0.0955 e. The van der Waals surface area contributed by atoms with Crippen LogP contribution >= 0.6 is 0 Å². The first-order valence-electron chi connectivity index (χ1n) is 5.30. The second-order valence-corrected chi connectivity index (χ2v) is 3.82. The Morgan fingerprint density at radius 1 is 1.53 bits per heavy atom. The van der Waals surface area contributed by atoms with Crippen LogP contribution in [0.5, 0.6) is 0 Å². The number of benzene rings is 1. The summed E-state index contributed by atoms with van der Waals surface area (Å²) in [6, 6.07) is 6.28. The van der Waals surface area contributed by atoms with Gasteiger partial charge in [-0.25, -0.2) is 4.98 Å². The molecule has 0 N–H and O–H groups in total. The third kappa shape index (κ3) is 1.56. The second kappa shape index (κ2) is 3.89. The van der Waals surface area contributed by atoms with Crippen molar-refractivity contribution in [2.75, 3.05) is 0 Å². The normalized spacial score (nSPS) is 12.9. The van der Waals surface area contributed by atoms with E-state index in [4.69, 9.17) is 0 Å². The van der Waals surface area contributed by atoms with E-state index in [1.54, 1.807) is 0 Å². The molecule has 15 heavy (non-hydrogen) atoms. The van der Waals surface area contributed by atoms with Crippen LogP contribution in [0.1, 0.15) is 24.8 Å². The molecule has 0 fully saturated rings. The highest BCUT2D eigenvalue weighted by Gasteiger charge is 2.11. The number of para-hydroxylation sites is 1. The Hall–Kier alpha value is -1.57. The first-order valence-corrected chi connectivity index (χ1v) is 5.30. The number of hydrogen-bond acceptors (Lipinski definition) is 1. The molecule has 0 amide bonds. The van der Waals surface area contributed by atoms with Gasteiger partial charge in [0.25, 0.3) is 0 Å². The van der Waals surface area contributed by atoms with Crippen molar-refractivity contribution < 1.29 is 0 Å². The van der Waals surface area contributed by atoms with Crippen LogP contribution in [0.25, 0.3) is 11.0 Å². The fourth-order valence-electron chi connectivity index (χ4n) is 2.06. The molecule has 0 aliphatic rings. The van der Waals surface area contributed by atoms with E-state index in [0.717, 1.165) is 11.9 Å². The number of aryl methyl sites for hydroxylation is 1. The average Bonchev–Trinajstić information content (AvgIpc) is 2.63. The molecule has 0 aliphatic carbocycles. The van der Waals surface area contributed by atoms with Crippen LogP contribution < -0.4 is 0 Å². The lowest BCUT2D eigenvalue weighted by Gasteiger charge is -2.12. The van der Waals surface area contributed by atoms with Gasteiger partial charge in [0, 0.05) is 13.0 Å². The SMILES string of the molecule is C=CC(CC)c1cccc2ncn(C)c12. The molecule has 0 aliphatic heterocycles. The van der Waals surface area contributed by atoms with Crippen molar-refractivity contribution in [3.05, 3.63) is 42.7 Å². The molecule has 1 atom stereocenters. The van der Waals surface area contributed by atoms with Crippen LogP contribution in [0.15, 0.2) is 37.2 Å². The molecular weight excluding hydrogens is 184 g/mol. The lowest BCUT2D eigenvalue weighted by molar-refractivity contribution is 0.804. The fourth-order valence-corrected chi connectivity index (χ4v) is 2.06. The molecule has 1 aromatic heterocycles. The van der Waals surface area contributed by atoms with Crippen molar-refractivity contribution in [2.24, 2.45) is 7.05 Å². The fraction of sp³-hybridized carbons (Fsp3) is 0.308. The summed E-state index contributed by atoms with van der Waals surface area (Å²) in [5.41, 5.74) is 3.62. The highest BCUT2D eigenvalue weighted by atomic mass is 15.0. The van der Waals surface area contributed by atoms with Gasteiger partial charge in [-0.05, 0) is 18.1 Å². The lowest BCUT2D eigenvalue weighted by atomic mass is 9.95. The quantitative estimate of drug-likeness (QED) is 0.695. The van der Waals surface area contributed by atoms with E-state index < -0.39 is 0 Å². The largest absolute Gasteiger partial charge is 0.333 e. The third-order valence-electron chi connectivity index (χ3n) is 2.89. The summed E-state index contributed by atoms with van der Waals surface area (Å²) in [6.07, 6.45) is 4.96. The van der Waals surface area contributed by atoms with Gasteiger partial charge in [0.2, 0.25) is 0 Å². The molecule has 2 aromatic rings. The van der Waals surface area contributed by atoms with E-state index in [1.165, 1.54) is 11.1 Å². The van der Waals surface area contributed by atoms with E-state index in [-0.39, 0.29) is 0 Å². The molecule has 1 heterocycles. The van der Waals surface area contributed by atoms with E-state index >= 15 is 0 Å². The third-order valence-corrected chi connectivity index (χ3v) is 2.89. The van der Waals surface area contributed by atoms with Crippen LogP contribution in [0, 0.1) is 0 Å². The first-order chi connectivity index (χ1) is 7.27. The molecule has 78 valence electrons. The Morgan fingerprint density at radius 2 is 2.33 bits per heavy atom. The van der Waals surface area contributed by atoms with Crippen molar-refractivity contribution in [3.63, 3.8) is 0 Å². The van der Waals surface area contributed by atoms with Crippen molar-refractivity contribution in [1.82, 2.24) is 9.55 Å². The molecule has 2 rings (SSSR count). The van der Waals surface area contributed by atoms with Crippen LogP contribution in [-0.4, -0.2) is 9.55 Å². The lowest BCUT2D eigenvalue weighted by Crippen LogP contribution is -1.97. The standard InChI is InChI=1S/C13H16N2/c1-4-10(5-2)11-7-6-8-12-13(11)15(3)9-14-12/h4,6-10H,1,5H2,2-3H3. The monoisotopic (exact) mass is 200 g/mol. The zero-order valence-corrected chi connectivity index (χ0v) is 9.27. The Balaban J connectivity index is 2.68. The maximum atomic E-state index is 4.36. The molecular formula is C13H16N2. The van der Waals surface area contributed by atoms with Gasteiger partial charge in [-0.15, -0.1) is 6.58 Å². The molecule has 2 heteroatoms. The van der Waals surface area contributed by atoms with Gasteiger partial charge in [0.15, 0.2) is 0 Å². The van der Waals surface area contributed by atoms with Crippen molar-refractivity contribution in [2.45, 2.75) is 19.3 Å². The number of aromatic nitrogens is 2. The zero-order valence-electron chi connectivity index (χ0n) is 9.27. The molecule has 1 aromatic carbocycles. The minimum Gasteiger partial charge on any atom is -0.333 e. The number of fused-ring (bicyclic) bond motifs is 1. The van der Waals surface area contributed by atoms with Crippen molar-refractivity contribution in [1.29, 1.82) is 0 Å². The second-order valence-electron chi connectivity index (χ2n) is 3.82. The van der Waals surface area contributed by atoms with E-state index in [1.807, 2.05) is 19.5 Å². The topological polar surface area (TPSA) is 17.8 Å². The minimum atomic E-state index is 0.420.